The minimum Gasteiger partial charge on any atom is -0.301 e. The number of aromatic nitrogens is 2. The predicted molar refractivity (Wildman–Crippen MR) is 85.8 cm³/mol. The third-order valence-electron chi connectivity index (χ3n) is 3.13. The molecule has 0 spiro atoms. The summed E-state index contributed by atoms with van der Waals surface area (Å²) in [7, 11) is -1.37. The molecule has 0 fully saturated rings. The number of anilines is 1. The zero-order valence-corrected chi connectivity index (χ0v) is 12.8. The van der Waals surface area contributed by atoms with Gasteiger partial charge in [0.15, 0.2) is 11.0 Å². The lowest BCUT2D eigenvalue weighted by atomic mass is 10.2. The quantitative estimate of drug-likeness (QED) is 0.801. The smallest absolute Gasteiger partial charge is 0.150 e. The van der Waals surface area contributed by atoms with Gasteiger partial charge in [-0.15, -0.1) is 0 Å². The molecular weight excluding hydrogens is 306 g/mol. The number of rotatable bonds is 3. The minimum absolute atomic E-state index is 0.606. The number of hydrogen-bond acceptors (Lipinski definition) is 3. The molecule has 1 heterocycles. The van der Waals surface area contributed by atoms with Gasteiger partial charge in [0.1, 0.15) is 6.33 Å². The molecule has 21 heavy (non-hydrogen) atoms. The van der Waals surface area contributed by atoms with Gasteiger partial charge in [-0.25, -0.2) is 14.2 Å². The van der Waals surface area contributed by atoms with Crippen LogP contribution in [-0.4, -0.2) is 14.2 Å². The Morgan fingerprint density at radius 2 is 2.10 bits per heavy atom. The second kappa shape index (κ2) is 5.79. The molecule has 0 saturated heterocycles. The Morgan fingerprint density at radius 3 is 2.95 bits per heavy atom. The van der Waals surface area contributed by atoms with Crippen LogP contribution in [0.25, 0.3) is 10.9 Å². The summed E-state index contributed by atoms with van der Waals surface area (Å²) in [6.07, 6.45) is 3.23. The molecule has 0 amide bonds. The second-order valence-corrected chi connectivity index (χ2v) is 6.12. The van der Waals surface area contributed by atoms with Crippen LogP contribution < -0.4 is 4.72 Å². The van der Waals surface area contributed by atoms with Gasteiger partial charge in [0, 0.05) is 22.3 Å². The highest BCUT2D eigenvalue weighted by Crippen LogP contribution is 2.23. The molecule has 1 unspecified atom stereocenters. The van der Waals surface area contributed by atoms with Gasteiger partial charge in [0.05, 0.1) is 10.4 Å². The highest BCUT2D eigenvalue weighted by molar-refractivity contribution is 7.86. The number of hydrogen-bond donors (Lipinski definition) is 1. The fourth-order valence-electron chi connectivity index (χ4n) is 2.00. The van der Waals surface area contributed by atoms with E-state index in [4.69, 9.17) is 11.6 Å². The standard InChI is InChI=1S/C15H12ClN3OS/c1-10-13(16)3-2-4-15(10)21(20)19-12-5-6-14-11(7-12)8-17-9-18-14/h2-9,19H,1H3. The highest BCUT2D eigenvalue weighted by atomic mass is 35.5. The predicted octanol–water partition coefficient (Wildman–Crippen LogP) is 3.73. The maximum atomic E-state index is 12.4. The van der Waals surface area contributed by atoms with Gasteiger partial charge in [-0.2, -0.15) is 0 Å². The van der Waals surface area contributed by atoms with Crippen LogP contribution in [0.1, 0.15) is 5.56 Å². The van der Waals surface area contributed by atoms with E-state index in [2.05, 4.69) is 14.7 Å². The van der Waals surface area contributed by atoms with Crippen LogP contribution in [0.5, 0.6) is 0 Å². The van der Waals surface area contributed by atoms with Gasteiger partial charge >= 0.3 is 0 Å². The van der Waals surface area contributed by atoms with Crippen molar-refractivity contribution in [1.82, 2.24) is 9.97 Å². The van der Waals surface area contributed by atoms with Gasteiger partial charge in [0.25, 0.3) is 0 Å². The van der Waals surface area contributed by atoms with Crippen molar-refractivity contribution < 1.29 is 4.21 Å². The van der Waals surface area contributed by atoms with E-state index in [1.54, 1.807) is 24.4 Å². The minimum atomic E-state index is -1.37. The average molecular weight is 318 g/mol. The summed E-state index contributed by atoms with van der Waals surface area (Å²) in [6, 6.07) is 10.9. The first-order chi connectivity index (χ1) is 10.1. The first-order valence-corrected chi connectivity index (χ1v) is 7.81. The molecule has 1 aromatic heterocycles. The van der Waals surface area contributed by atoms with Crippen molar-refractivity contribution in [3.63, 3.8) is 0 Å². The molecule has 3 rings (SSSR count). The van der Waals surface area contributed by atoms with Crippen molar-refractivity contribution in [2.45, 2.75) is 11.8 Å². The van der Waals surface area contributed by atoms with E-state index in [-0.39, 0.29) is 0 Å². The molecule has 4 nitrogen and oxygen atoms in total. The lowest BCUT2D eigenvalue weighted by Gasteiger charge is -2.10. The number of benzene rings is 2. The van der Waals surface area contributed by atoms with E-state index in [1.165, 1.54) is 6.33 Å². The van der Waals surface area contributed by atoms with Crippen LogP contribution in [0.4, 0.5) is 5.69 Å². The van der Waals surface area contributed by atoms with Crippen molar-refractivity contribution >= 4 is 39.2 Å². The molecule has 0 saturated carbocycles. The van der Waals surface area contributed by atoms with Gasteiger partial charge in [-0.3, -0.25) is 0 Å². The van der Waals surface area contributed by atoms with E-state index < -0.39 is 11.0 Å². The number of fused-ring (bicyclic) bond motifs is 1. The van der Waals surface area contributed by atoms with E-state index in [0.717, 1.165) is 22.2 Å². The first-order valence-electron chi connectivity index (χ1n) is 6.28. The zero-order chi connectivity index (χ0) is 14.8. The van der Waals surface area contributed by atoms with E-state index >= 15 is 0 Å². The molecule has 0 bridgehead atoms. The van der Waals surface area contributed by atoms with Crippen molar-refractivity contribution in [3.05, 3.63) is 59.5 Å². The molecule has 0 aliphatic carbocycles. The molecular formula is C15H12ClN3OS. The van der Waals surface area contributed by atoms with Gasteiger partial charge in [0.2, 0.25) is 0 Å². The van der Waals surface area contributed by atoms with Crippen molar-refractivity contribution in [2.75, 3.05) is 4.72 Å². The molecule has 106 valence electrons. The zero-order valence-electron chi connectivity index (χ0n) is 11.2. The largest absolute Gasteiger partial charge is 0.301 e. The number of nitrogens with zero attached hydrogens (tertiary/aromatic N) is 2. The number of halogens is 1. The monoisotopic (exact) mass is 317 g/mol. The van der Waals surface area contributed by atoms with Crippen molar-refractivity contribution in [3.8, 4) is 0 Å². The van der Waals surface area contributed by atoms with Gasteiger partial charge in [-0.1, -0.05) is 17.7 Å². The molecule has 0 aliphatic rings. The maximum absolute atomic E-state index is 12.4. The Hall–Kier alpha value is -1.98. The summed E-state index contributed by atoms with van der Waals surface area (Å²) in [5.74, 6) is 0. The summed E-state index contributed by atoms with van der Waals surface area (Å²) in [4.78, 5) is 8.81. The SMILES string of the molecule is Cc1c(Cl)cccc1S(=O)Nc1ccc2ncncc2c1. The van der Waals surface area contributed by atoms with Gasteiger partial charge in [-0.05, 0) is 42.8 Å². The summed E-state index contributed by atoms with van der Waals surface area (Å²) in [5, 5.41) is 1.50. The molecule has 0 radical (unpaired) electrons. The lowest BCUT2D eigenvalue weighted by molar-refractivity contribution is 0.686. The average Bonchev–Trinajstić information content (AvgIpc) is 2.50. The summed E-state index contributed by atoms with van der Waals surface area (Å²) >= 11 is 6.06. The lowest BCUT2D eigenvalue weighted by Crippen LogP contribution is -2.06. The normalized spacial score (nSPS) is 12.3. The topological polar surface area (TPSA) is 54.9 Å². The Morgan fingerprint density at radius 1 is 1.24 bits per heavy atom. The number of nitrogens with one attached hydrogen (secondary N) is 1. The van der Waals surface area contributed by atoms with Crippen LogP contribution in [0.2, 0.25) is 5.02 Å². The van der Waals surface area contributed by atoms with Crippen LogP contribution >= 0.6 is 11.6 Å². The molecule has 3 aromatic rings. The Balaban J connectivity index is 1.91. The molecule has 1 N–H and O–H groups in total. The fraction of sp³-hybridized carbons (Fsp3) is 0.0667. The Kier molecular flexibility index (Phi) is 3.86. The summed E-state index contributed by atoms with van der Waals surface area (Å²) in [5.41, 5.74) is 2.41. The molecule has 0 aliphatic heterocycles. The van der Waals surface area contributed by atoms with E-state index in [0.29, 0.717) is 9.92 Å². The molecule has 6 heteroatoms. The third kappa shape index (κ3) is 2.89. The van der Waals surface area contributed by atoms with E-state index in [1.807, 2.05) is 25.1 Å². The first kappa shape index (κ1) is 14.0. The van der Waals surface area contributed by atoms with E-state index in [9.17, 15) is 4.21 Å². The van der Waals surface area contributed by atoms with Crippen LogP contribution in [0.15, 0.2) is 53.8 Å². The van der Waals surface area contributed by atoms with Crippen LogP contribution in [0.3, 0.4) is 0 Å². The molecule has 2 aromatic carbocycles. The highest BCUT2D eigenvalue weighted by Gasteiger charge is 2.10. The Bertz CT molecular complexity index is 838. The van der Waals surface area contributed by atoms with Crippen molar-refractivity contribution in [1.29, 1.82) is 0 Å². The van der Waals surface area contributed by atoms with Crippen LogP contribution in [-0.2, 0) is 11.0 Å². The van der Waals surface area contributed by atoms with Crippen molar-refractivity contribution in [2.24, 2.45) is 0 Å². The Labute approximate surface area is 129 Å². The van der Waals surface area contributed by atoms with Gasteiger partial charge < -0.3 is 4.72 Å². The molecule has 1 atom stereocenters. The maximum Gasteiger partial charge on any atom is 0.150 e. The summed E-state index contributed by atoms with van der Waals surface area (Å²) in [6.45, 7) is 1.85. The third-order valence-corrected chi connectivity index (χ3v) is 4.81. The van der Waals surface area contributed by atoms with Crippen LogP contribution in [0, 0.1) is 6.92 Å². The fourth-order valence-corrected chi connectivity index (χ4v) is 3.27. The second-order valence-electron chi connectivity index (χ2n) is 4.53. The summed E-state index contributed by atoms with van der Waals surface area (Å²) < 4.78 is 15.4.